The number of pyridine rings is 1. The first-order chi connectivity index (χ1) is 9.16. The number of urea groups is 1. The Balaban J connectivity index is 2.07. The number of rotatable bonds is 2. The molecule has 2 aromatic rings. The van der Waals surface area contributed by atoms with Crippen LogP contribution in [0.1, 0.15) is 11.3 Å². The second kappa shape index (κ2) is 5.86. The zero-order valence-electron chi connectivity index (χ0n) is 10.6. The van der Waals surface area contributed by atoms with Gasteiger partial charge in [0.25, 0.3) is 0 Å². The summed E-state index contributed by atoms with van der Waals surface area (Å²) in [5, 5.41) is 12.3. The fourth-order valence-electron chi connectivity index (χ4n) is 1.60. The van der Waals surface area contributed by atoms with Gasteiger partial charge in [-0.3, -0.25) is 0 Å². The molecule has 0 saturated heterocycles. The van der Waals surface area contributed by atoms with Gasteiger partial charge in [-0.15, -0.1) is 0 Å². The van der Waals surface area contributed by atoms with Crippen molar-refractivity contribution in [3.63, 3.8) is 0 Å². The molecule has 5 heteroatoms. The predicted octanol–water partition coefficient (Wildman–Crippen LogP) is 1.84. The van der Waals surface area contributed by atoms with E-state index in [0.29, 0.717) is 12.2 Å². The second-order valence-electron chi connectivity index (χ2n) is 4.09. The maximum atomic E-state index is 11.6. The van der Waals surface area contributed by atoms with Gasteiger partial charge in [-0.2, -0.15) is 9.72 Å². The Hall–Kier alpha value is -2.56. The van der Waals surface area contributed by atoms with E-state index in [1.807, 2.05) is 30.3 Å². The van der Waals surface area contributed by atoms with Crippen LogP contribution in [0.2, 0.25) is 0 Å². The summed E-state index contributed by atoms with van der Waals surface area (Å²) in [6, 6.07) is 14.1. The van der Waals surface area contributed by atoms with Crippen LogP contribution in [-0.2, 0) is 6.54 Å². The van der Waals surface area contributed by atoms with Crippen molar-refractivity contribution >= 4 is 6.03 Å². The molecular weight excluding hydrogens is 242 g/mol. The lowest BCUT2D eigenvalue weighted by Gasteiger charge is -2.03. The minimum atomic E-state index is -0.489. The summed E-state index contributed by atoms with van der Waals surface area (Å²) < 4.78 is 0.877. The molecule has 1 aromatic carbocycles. The van der Waals surface area contributed by atoms with Crippen LogP contribution < -0.4 is 10.8 Å². The Bertz CT molecular complexity index is 633. The molecule has 19 heavy (non-hydrogen) atoms. The normalized spacial score (nSPS) is 11.3. The molecule has 98 valence electrons. The molecule has 0 saturated carbocycles. The highest BCUT2D eigenvalue weighted by Crippen LogP contribution is 1.97. The fourth-order valence-corrected chi connectivity index (χ4v) is 1.60. The van der Waals surface area contributed by atoms with Crippen molar-refractivity contribution in [2.75, 3.05) is 0 Å². The Morgan fingerprint density at radius 2 is 1.95 bits per heavy atom. The maximum Gasteiger partial charge on any atom is 0.343 e. The van der Waals surface area contributed by atoms with Crippen molar-refractivity contribution in [2.24, 2.45) is 4.99 Å². The monoisotopic (exact) mass is 257 g/mol. The Morgan fingerprint density at radius 1 is 1.21 bits per heavy atom. The highest BCUT2D eigenvalue weighted by atomic mass is 16.5. The molecule has 0 atom stereocenters. The summed E-state index contributed by atoms with van der Waals surface area (Å²) in [5.41, 5.74) is 1.80. The Morgan fingerprint density at radius 3 is 2.68 bits per heavy atom. The summed E-state index contributed by atoms with van der Waals surface area (Å²) in [6.45, 7) is 2.13. The molecule has 0 aliphatic heterocycles. The average molecular weight is 257 g/mol. The first-order valence-electron chi connectivity index (χ1n) is 5.91. The van der Waals surface area contributed by atoms with Crippen LogP contribution in [0.15, 0.2) is 53.5 Å². The van der Waals surface area contributed by atoms with Gasteiger partial charge in [0.05, 0.1) is 5.69 Å². The topological polar surface area (TPSA) is 66.6 Å². The third-order valence-electron chi connectivity index (χ3n) is 2.64. The molecule has 5 nitrogen and oxygen atoms in total. The predicted molar refractivity (Wildman–Crippen MR) is 70.6 cm³/mol. The van der Waals surface area contributed by atoms with Crippen LogP contribution in [0.3, 0.4) is 0 Å². The van der Waals surface area contributed by atoms with Crippen molar-refractivity contribution in [2.45, 2.75) is 13.5 Å². The van der Waals surface area contributed by atoms with Crippen molar-refractivity contribution in [1.29, 1.82) is 0 Å². The molecule has 2 N–H and O–H groups in total. The average Bonchev–Trinajstić information content (AvgIpc) is 2.43. The van der Waals surface area contributed by atoms with E-state index in [1.165, 1.54) is 0 Å². The van der Waals surface area contributed by atoms with Gasteiger partial charge in [0, 0.05) is 6.54 Å². The minimum Gasteiger partial charge on any atom is -0.427 e. The van der Waals surface area contributed by atoms with Gasteiger partial charge in [0.1, 0.15) is 0 Å². The van der Waals surface area contributed by atoms with Gasteiger partial charge in [0.15, 0.2) is 5.49 Å². The lowest BCUT2D eigenvalue weighted by molar-refractivity contribution is 0.164. The molecule has 2 amide bonds. The highest BCUT2D eigenvalue weighted by Gasteiger charge is 2.00. The zero-order chi connectivity index (χ0) is 13.7. The number of hydrogen-bond acceptors (Lipinski definition) is 2. The Labute approximate surface area is 110 Å². The van der Waals surface area contributed by atoms with E-state index in [4.69, 9.17) is 0 Å². The van der Waals surface area contributed by atoms with E-state index >= 15 is 0 Å². The van der Waals surface area contributed by atoms with Gasteiger partial charge in [-0.25, -0.2) is 4.79 Å². The summed E-state index contributed by atoms with van der Waals surface area (Å²) >= 11 is 0. The number of hydrogen-bond donors (Lipinski definition) is 2. The number of carbonyl (C=O) groups excluding carboxylic acids is 1. The van der Waals surface area contributed by atoms with Gasteiger partial charge < -0.3 is 10.5 Å². The van der Waals surface area contributed by atoms with E-state index in [-0.39, 0.29) is 5.49 Å². The second-order valence-corrected chi connectivity index (χ2v) is 4.09. The number of nitrogens with one attached hydrogen (secondary N) is 1. The van der Waals surface area contributed by atoms with E-state index in [0.717, 1.165) is 10.3 Å². The third kappa shape index (κ3) is 3.45. The van der Waals surface area contributed by atoms with Crippen LogP contribution in [0.4, 0.5) is 4.79 Å². The Kier molecular flexibility index (Phi) is 3.97. The molecule has 0 radical (unpaired) electrons. The molecule has 1 heterocycles. The van der Waals surface area contributed by atoms with Crippen LogP contribution in [-0.4, -0.2) is 16.0 Å². The first kappa shape index (κ1) is 12.9. The molecule has 0 fully saturated rings. The lowest BCUT2D eigenvalue weighted by Crippen LogP contribution is -2.26. The highest BCUT2D eigenvalue weighted by molar-refractivity contribution is 5.74. The van der Waals surface area contributed by atoms with E-state index in [2.05, 4.69) is 10.3 Å². The van der Waals surface area contributed by atoms with Crippen molar-refractivity contribution < 1.29 is 10.0 Å². The minimum absolute atomic E-state index is 0.200. The molecule has 0 bridgehead atoms. The van der Waals surface area contributed by atoms with Crippen LogP contribution in [0.5, 0.6) is 0 Å². The van der Waals surface area contributed by atoms with Crippen LogP contribution in [0.25, 0.3) is 0 Å². The van der Waals surface area contributed by atoms with E-state index in [1.54, 1.807) is 25.1 Å². The number of benzene rings is 1. The zero-order valence-corrected chi connectivity index (χ0v) is 10.6. The molecule has 2 rings (SSSR count). The number of aromatic nitrogens is 1. The van der Waals surface area contributed by atoms with Gasteiger partial charge in [0.2, 0.25) is 0 Å². The van der Waals surface area contributed by atoms with Crippen molar-refractivity contribution in [3.05, 3.63) is 65.3 Å². The fraction of sp³-hybridized carbons (Fsp3) is 0.143. The smallest absolute Gasteiger partial charge is 0.343 e. The standard InChI is InChI=1S/C14H15N3O2/c1-11-6-5-9-13(17(11)19)16-14(18)15-10-12-7-3-2-4-8-12/h2-9,19H,10H2,1H3,(H,15,18)/b16-13+. The molecule has 0 spiro atoms. The van der Waals surface area contributed by atoms with Crippen molar-refractivity contribution in [1.82, 2.24) is 10.0 Å². The van der Waals surface area contributed by atoms with Crippen LogP contribution >= 0.6 is 0 Å². The number of amides is 2. The quantitative estimate of drug-likeness (QED) is 0.806. The maximum absolute atomic E-state index is 11.6. The van der Waals surface area contributed by atoms with E-state index < -0.39 is 6.03 Å². The molecule has 1 aromatic heterocycles. The summed E-state index contributed by atoms with van der Waals surface area (Å²) in [4.78, 5) is 15.4. The van der Waals surface area contributed by atoms with Crippen LogP contribution in [0, 0.1) is 6.92 Å². The van der Waals surface area contributed by atoms with Gasteiger partial charge in [-0.1, -0.05) is 36.4 Å². The molecule has 0 aliphatic rings. The summed E-state index contributed by atoms with van der Waals surface area (Å²) in [6.07, 6.45) is 0. The molecule has 0 unspecified atom stereocenters. The van der Waals surface area contributed by atoms with Gasteiger partial charge >= 0.3 is 6.03 Å². The summed E-state index contributed by atoms with van der Waals surface area (Å²) in [5.74, 6) is 0. The third-order valence-corrected chi connectivity index (χ3v) is 2.64. The van der Waals surface area contributed by atoms with Gasteiger partial charge in [-0.05, 0) is 24.6 Å². The lowest BCUT2D eigenvalue weighted by atomic mass is 10.2. The molecule has 0 aliphatic carbocycles. The summed E-state index contributed by atoms with van der Waals surface area (Å²) in [7, 11) is 0. The SMILES string of the molecule is Cc1ccc/c(=N\C(=O)NCc2ccccc2)n1O. The molecular formula is C14H15N3O2. The van der Waals surface area contributed by atoms with Crippen molar-refractivity contribution in [3.8, 4) is 0 Å². The number of aryl methyl sites for hydroxylation is 1. The first-order valence-corrected chi connectivity index (χ1v) is 5.91. The number of nitrogens with zero attached hydrogens (tertiary/aromatic N) is 2. The van der Waals surface area contributed by atoms with E-state index in [9.17, 15) is 10.0 Å². The number of carbonyl (C=O) groups is 1. The largest absolute Gasteiger partial charge is 0.427 e.